The number of carbonyl (C=O) groups is 2. The molecular weight excluding hydrogens is 435 g/mol. The minimum atomic E-state index is -0.674. The second-order valence-corrected chi connectivity index (χ2v) is 8.69. The summed E-state index contributed by atoms with van der Waals surface area (Å²) in [6.07, 6.45) is 0.930. The van der Waals surface area contributed by atoms with Crippen molar-refractivity contribution in [1.82, 2.24) is 10.2 Å². The zero-order valence-electron chi connectivity index (χ0n) is 18.5. The first-order chi connectivity index (χ1) is 14.7. The Labute approximate surface area is 194 Å². The van der Waals surface area contributed by atoms with Gasteiger partial charge in [-0.3, -0.25) is 9.59 Å². The van der Waals surface area contributed by atoms with E-state index in [1.165, 1.54) is 10.5 Å². The van der Waals surface area contributed by atoms with E-state index < -0.39 is 6.04 Å². The third-order valence-corrected chi connectivity index (χ3v) is 5.62. The normalized spacial score (nSPS) is 11.8. The Kier molecular flexibility index (Phi) is 9.66. The number of halogens is 2. The second-order valence-electron chi connectivity index (χ2n) is 7.87. The first-order valence-electron chi connectivity index (χ1n) is 10.4. The van der Waals surface area contributed by atoms with Gasteiger partial charge in [0.2, 0.25) is 5.91 Å². The summed E-state index contributed by atoms with van der Waals surface area (Å²) in [6.45, 7) is 8.40. The molecule has 0 radical (unpaired) electrons. The summed E-state index contributed by atoms with van der Waals surface area (Å²) in [5.41, 5.74) is 1.97. The van der Waals surface area contributed by atoms with E-state index >= 15 is 0 Å². The third kappa shape index (κ3) is 7.75. The number of rotatable bonds is 10. The molecule has 31 heavy (non-hydrogen) atoms. The van der Waals surface area contributed by atoms with Crippen molar-refractivity contribution in [2.24, 2.45) is 5.92 Å². The number of benzene rings is 2. The molecule has 0 unspecified atom stereocenters. The number of hydrogen-bond donors (Lipinski definition) is 1. The van der Waals surface area contributed by atoms with E-state index in [4.69, 9.17) is 27.9 Å². The number of ether oxygens (including phenoxy) is 1. The van der Waals surface area contributed by atoms with Gasteiger partial charge >= 0.3 is 0 Å². The largest absolute Gasteiger partial charge is 0.484 e. The highest BCUT2D eigenvalue weighted by molar-refractivity contribution is 6.42. The molecule has 0 aliphatic heterocycles. The fourth-order valence-electron chi connectivity index (χ4n) is 2.92. The molecular formula is C24H30Cl2N2O3. The molecule has 0 heterocycles. The van der Waals surface area contributed by atoms with Crippen LogP contribution in [0.5, 0.6) is 5.75 Å². The summed E-state index contributed by atoms with van der Waals surface area (Å²) in [5.74, 6) is 0.411. The highest BCUT2D eigenvalue weighted by Gasteiger charge is 2.26. The molecule has 2 aromatic carbocycles. The Morgan fingerprint density at radius 2 is 1.65 bits per heavy atom. The van der Waals surface area contributed by atoms with E-state index in [-0.39, 0.29) is 25.0 Å². The van der Waals surface area contributed by atoms with Crippen LogP contribution in [0, 0.1) is 5.92 Å². The molecule has 0 aliphatic rings. The van der Waals surface area contributed by atoms with Crippen LogP contribution in [0.25, 0.3) is 0 Å². The van der Waals surface area contributed by atoms with Crippen LogP contribution in [-0.2, 0) is 22.6 Å². The van der Waals surface area contributed by atoms with Gasteiger partial charge in [-0.15, -0.1) is 0 Å². The fraction of sp³-hybridized carbons (Fsp3) is 0.417. The van der Waals surface area contributed by atoms with Crippen LogP contribution in [0.15, 0.2) is 42.5 Å². The van der Waals surface area contributed by atoms with E-state index in [1.54, 1.807) is 25.1 Å². The number of amides is 2. The molecule has 1 N–H and O–H groups in total. The van der Waals surface area contributed by atoms with Crippen LogP contribution in [-0.4, -0.2) is 35.9 Å². The smallest absolute Gasteiger partial charge is 0.261 e. The molecule has 0 bridgehead atoms. The summed E-state index contributed by atoms with van der Waals surface area (Å²) >= 11 is 12.1. The van der Waals surface area contributed by atoms with E-state index in [0.717, 1.165) is 12.0 Å². The summed E-state index contributed by atoms with van der Waals surface area (Å²) in [6, 6.07) is 12.1. The van der Waals surface area contributed by atoms with Crippen LogP contribution in [0.4, 0.5) is 0 Å². The highest BCUT2D eigenvalue weighted by Crippen LogP contribution is 2.24. The van der Waals surface area contributed by atoms with E-state index in [0.29, 0.717) is 28.3 Å². The second kappa shape index (κ2) is 12.0. The Balaban J connectivity index is 2.14. The molecule has 0 spiro atoms. The van der Waals surface area contributed by atoms with Crippen molar-refractivity contribution in [1.29, 1.82) is 0 Å². The predicted octanol–water partition coefficient (Wildman–Crippen LogP) is 5.12. The number of aryl methyl sites for hydroxylation is 1. The minimum absolute atomic E-state index is 0.172. The van der Waals surface area contributed by atoms with E-state index in [2.05, 4.69) is 12.2 Å². The Hall–Kier alpha value is -2.24. The minimum Gasteiger partial charge on any atom is -0.484 e. The first-order valence-corrected chi connectivity index (χ1v) is 11.2. The van der Waals surface area contributed by atoms with Crippen LogP contribution in [0.1, 0.15) is 38.8 Å². The standard InChI is InChI=1S/C24H30Cl2N2O3/c1-5-18-6-9-20(10-7-18)31-15-23(29)28(17(4)24(30)27-13-16(2)3)14-19-8-11-21(25)22(26)12-19/h6-12,16-17H,5,13-15H2,1-4H3,(H,27,30)/t17-/m1/s1. The number of nitrogens with zero attached hydrogens (tertiary/aromatic N) is 1. The molecule has 7 heteroatoms. The lowest BCUT2D eigenvalue weighted by molar-refractivity contribution is -0.142. The van der Waals surface area contributed by atoms with Crippen molar-refractivity contribution in [3.8, 4) is 5.75 Å². The van der Waals surface area contributed by atoms with Crippen molar-refractivity contribution < 1.29 is 14.3 Å². The molecule has 2 rings (SSSR count). The van der Waals surface area contributed by atoms with Gasteiger partial charge in [0.05, 0.1) is 10.0 Å². The molecule has 5 nitrogen and oxygen atoms in total. The number of carbonyl (C=O) groups excluding carboxylic acids is 2. The average molecular weight is 465 g/mol. The fourth-order valence-corrected chi connectivity index (χ4v) is 3.24. The Morgan fingerprint density at radius 3 is 2.23 bits per heavy atom. The zero-order chi connectivity index (χ0) is 23.0. The predicted molar refractivity (Wildman–Crippen MR) is 126 cm³/mol. The average Bonchev–Trinajstić information content (AvgIpc) is 2.76. The molecule has 1 atom stereocenters. The molecule has 0 aromatic heterocycles. The first kappa shape index (κ1) is 25.0. The number of nitrogens with one attached hydrogen (secondary N) is 1. The monoisotopic (exact) mass is 464 g/mol. The lowest BCUT2D eigenvalue weighted by atomic mass is 10.1. The maximum Gasteiger partial charge on any atom is 0.261 e. The molecule has 0 aliphatic carbocycles. The third-order valence-electron chi connectivity index (χ3n) is 4.88. The molecule has 2 aromatic rings. The van der Waals surface area contributed by atoms with Gasteiger partial charge in [-0.05, 0) is 54.7 Å². The van der Waals surface area contributed by atoms with Gasteiger partial charge in [-0.25, -0.2) is 0 Å². The van der Waals surface area contributed by atoms with Gasteiger partial charge in [0, 0.05) is 13.1 Å². The van der Waals surface area contributed by atoms with Crippen molar-refractivity contribution >= 4 is 35.0 Å². The SMILES string of the molecule is CCc1ccc(OCC(=O)N(Cc2ccc(Cl)c(Cl)c2)[C@H](C)C(=O)NCC(C)C)cc1. The van der Waals surface area contributed by atoms with Crippen LogP contribution >= 0.6 is 23.2 Å². The molecule has 2 amide bonds. The van der Waals surface area contributed by atoms with Gasteiger partial charge in [-0.2, -0.15) is 0 Å². The van der Waals surface area contributed by atoms with Gasteiger partial charge in [0.15, 0.2) is 6.61 Å². The highest BCUT2D eigenvalue weighted by atomic mass is 35.5. The van der Waals surface area contributed by atoms with Gasteiger partial charge < -0.3 is 15.0 Å². The maximum absolute atomic E-state index is 13.0. The van der Waals surface area contributed by atoms with Gasteiger partial charge in [0.25, 0.3) is 5.91 Å². The molecule has 168 valence electrons. The Bertz CT molecular complexity index is 885. The zero-order valence-corrected chi connectivity index (χ0v) is 20.0. The molecule has 0 saturated carbocycles. The van der Waals surface area contributed by atoms with E-state index in [9.17, 15) is 9.59 Å². The Morgan fingerprint density at radius 1 is 1.00 bits per heavy atom. The maximum atomic E-state index is 13.0. The lowest BCUT2D eigenvalue weighted by Crippen LogP contribution is -2.49. The van der Waals surface area contributed by atoms with Crippen LogP contribution < -0.4 is 10.1 Å². The van der Waals surface area contributed by atoms with E-state index in [1.807, 2.05) is 38.1 Å². The van der Waals surface area contributed by atoms with Gasteiger partial charge in [0.1, 0.15) is 11.8 Å². The van der Waals surface area contributed by atoms with Crippen molar-refractivity contribution in [3.05, 3.63) is 63.6 Å². The summed E-state index contributed by atoms with van der Waals surface area (Å²) in [4.78, 5) is 27.2. The van der Waals surface area contributed by atoms with Crippen molar-refractivity contribution in [2.75, 3.05) is 13.2 Å². The van der Waals surface area contributed by atoms with Crippen molar-refractivity contribution in [3.63, 3.8) is 0 Å². The lowest BCUT2D eigenvalue weighted by Gasteiger charge is -2.29. The van der Waals surface area contributed by atoms with Crippen molar-refractivity contribution in [2.45, 2.75) is 46.7 Å². The van der Waals surface area contributed by atoms with Crippen LogP contribution in [0.2, 0.25) is 10.0 Å². The van der Waals surface area contributed by atoms with Crippen LogP contribution in [0.3, 0.4) is 0 Å². The molecule has 0 fully saturated rings. The molecule has 0 saturated heterocycles. The summed E-state index contributed by atoms with van der Waals surface area (Å²) in [7, 11) is 0. The summed E-state index contributed by atoms with van der Waals surface area (Å²) < 4.78 is 5.69. The topological polar surface area (TPSA) is 58.6 Å². The summed E-state index contributed by atoms with van der Waals surface area (Å²) in [5, 5.41) is 3.72. The number of hydrogen-bond acceptors (Lipinski definition) is 3. The quantitative estimate of drug-likeness (QED) is 0.530. The van der Waals surface area contributed by atoms with Gasteiger partial charge in [-0.1, -0.05) is 62.2 Å².